The summed E-state index contributed by atoms with van der Waals surface area (Å²) < 4.78 is 0. The second kappa shape index (κ2) is 6.53. The third-order valence-corrected chi connectivity index (χ3v) is 17.3. The number of hydrogen-bond donors (Lipinski definition) is 1. The molecule has 0 unspecified atom stereocenters. The van der Waals surface area contributed by atoms with Crippen molar-refractivity contribution >= 4 is 83.2 Å². The number of benzene rings is 5. The maximum atomic E-state index is 4.18. The van der Waals surface area contributed by atoms with Gasteiger partial charge in [-0.05, 0) is 0 Å². The molecule has 0 aliphatic carbocycles. The molecule has 2 bridgehead atoms. The van der Waals surface area contributed by atoms with Crippen LogP contribution in [0.25, 0.3) is 11.1 Å². The Morgan fingerprint density at radius 1 is 0.632 bits per heavy atom. The first-order valence-electron chi connectivity index (χ1n) is 13.7. The van der Waals surface area contributed by atoms with E-state index in [9.17, 15) is 0 Å². The fourth-order valence-corrected chi connectivity index (χ4v) is 16.6. The molecular formula is C30H21B5N2P-. The van der Waals surface area contributed by atoms with E-state index < -0.39 is 6.39 Å². The van der Waals surface area contributed by atoms with Crippen molar-refractivity contribution < 1.29 is 0 Å². The van der Waals surface area contributed by atoms with Gasteiger partial charge in [0.05, 0.1) is 0 Å². The van der Waals surface area contributed by atoms with Gasteiger partial charge in [-0.25, -0.2) is 0 Å². The Bertz CT molecular complexity index is 1840. The van der Waals surface area contributed by atoms with Crippen molar-refractivity contribution in [3.8, 4) is 11.1 Å². The first-order chi connectivity index (χ1) is 18.8. The van der Waals surface area contributed by atoms with E-state index in [-0.39, 0.29) is 0 Å². The molecule has 0 saturated carbocycles. The number of fused-ring (bicyclic) bond motifs is 5. The van der Waals surface area contributed by atoms with Crippen LogP contribution in [0.15, 0.2) is 121 Å². The number of para-hydroxylation sites is 2. The van der Waals surface area contributed by atoms with Gasteiger partial charge in [0.1, 0.15) is 0 Å². The van der Waals surface area contributed by atoms with Crippen molar-refractivity contribution in [2.45, 2.75) is 0 Å². The molecule has 2 nitrogen and oxygen atoms in total. The number of rotatable bonds is 4. The summed E-state index contributed by atoms with van der Waals surface area (Å²) in [4.78, 5) is 2.54. The molecule has 172 valence electrons. The van der Waals surface area contributed by atoms with Crippen LogP contribution in [0.2, 0.25) is 0 Å². The molecule has 4 saturated heterocycles. The zero-order valence-corrected chi connectivity index (χ0v) is 21.7. The van der Waals surface area contributed by atoms with Crippen LogP contribution >= 0.6 is 6.39 Å². The molecule has 38 heavy (non-hydrogen) atoms. The van der Waals surface area contributed by atoms with E-state index in [4.69, 9.17) is 0 Å². The van der Waals surface area contributed by atoms with E-state index in [0.29, 0.717) is 6.71 Å². The van der Waals surface area contributed by atoms with Gasteiger partial charge < -0.3 is 0 Å². The number of nitrogens with one attached hydrogen (secondary N) is 1. The molecule has 4 fully saturated rings. The van der Waals surface area contributed by atoms with Gasteiger partial charge >= 0.3 is 226 Å². The molecule has 6 heterocycles. The van der Waals surface area contributed by atoms with E-state index in [1.54, 1.807) is 5.30 Å². The predicted octanol–water partition coefficient (Wildman–Crippen LogP) is 4.04. The third kappa shape index (κ3) is 2.07. The SMILES string of the molecule is [B-]1B2B3B1P23(Nc1ccccc1)c1cccc(N2c3ccccc3B3c4ccccc4-c4cccc2c43)c1. The van der Waals surface area contributed by atoms with Crippen LogP contribution in [0, 0.1) is 0 Å². The summed E-state index contributed by atoms with van der Waals surface area (Å²) in [5, 5.41) is 5.75. The Morgan fingerprint density at radius 3 is 2.13 bits per heavy atom. The number of hydrogen-bond acceptors (Lipinski definition) is 2. The third-order valence-electron chi connectivity index (χ3n) is 10.3. The summed E-state index contributed by atoms with van der Waals surface area (Å²) in [5.41, 5.74) is 12.2. The Balaban J connectivity index is 1.17. The zero-order valence-electron chi connectivity index (χ0n) is 20.8. The quantitative estimate of drug-likeness (QED) is 0.294. The summed E-state index contributed by atoms with van der Waals surface area (Å²) >= 11 is 0. The van der Waals surface area contributed by atoms with Gasteiger partial charge in [0.25, 0.3) is 0 Å². The van der Waals surface area contributed by atoms with Crippen molar-refractivity contribution in [3.05, 3.63) is 121 Å². The molecule has 11 rings (SSSR count). The average Bonchev–Trinajstić information content (AvgIpc) is 3.55. The summed E-state index contributed by atoms with van der Waals surface area (Å²) in [7, 11) is 2.60. The summed E-state index contributed by atoms with van der Waals surface area (Å²) in [6, 6.07) is 45.4. The molecular weight excluding hydrogens is 473 g/mol. The molecule has 0 amide bonds. The Kier molecular flexibility index (Phi) is 3.51. The standard InChI is InChI=1S/C30H21B5N2P/c1-2-10-21(11-3-1)36-38(33-31-34(38)35(33)38)23-13-8-12-22(20-23)37-28-18-7-6-17-27(28)32-26-16-5-4-14-24(26)25-15-9-19-29(37)30(25)32/h1-20,36H/q-1. The molecule has 2 radical (unpaired) electrons. The summed E-state index contributed by atoms with van der Waals surface area (Å²) in [6.07, 6.45) is 0.330. The fourth-order valence-electron chi connectivity index (χ4n) is 8.55. The molecule has 6 aliphatic rings. The van der Waals surface area contributed by atoms with Gasteiger partial charge in [0.15, 0.2) is 0 Å². The Labute approximate surface area is 225 Å². The molecule has 8 heteroatoms. The van der Waals surface area contributed by atoms with E-state index >= 15 is 0 Å². The van der Waals surface area contributed by atoms with E-state index in [1.165, 1.54) is 50.3 Å². The monoisotopic (exact) mass is 495 g/mol. The van der Waals surface area contributed by atoms with Crippen molar-refractivity contribution in [1.82, 2.24) is 0 Å². The first kappa shape index (κ1) is 20.4. The van der Waals surface area contributed by atoms with Crippen LogP contribution in [-0.2, 0) is 0 Å². The summed E-state index contributed by atoms with van der Waals surface area (Å²) in [6.45, 7) is 0.296. The van der Waals surface area contributed by atoms with E-state index in [0.717, 1.165) is 18.6 Å². The number of anilines is 4. The van der Waals surface area contributed by atoms with Crippen molar-refractivity contribution in [3.63, 3.8) is 0 Å². The number of nitrogens with zero attached hydrogens (tertiary/aromatic N) is 1. The summed E-state index contributed by atoms with van der Waals surface area (Å²) in [5.74, 6) is 0. The first-order valence-corrected chi connectivity index (χ1v) is 16.2. The molecule has 0 atom stereocenters. The molecule has 5 aromatic carbocycles. The molecule has 0 spiro atoms. The normalized spacial score (nSPS) is 19.8. The zero-order chi connectivity index (χ0) is 24.7. The van der Waals surface area contributed by atoms with Crippen LogP contribution in [0.3, 0.4) is 0 Å². The van der Waals surface area contributed by atoms with Gasteiger partial charge in [0.2, 0.25) is 0 Å². The van der Waals surface area contributed by atoms with Gasteiger partial charge in [-0.3, -0.25) is 0 Å². The second-order valence-electron chi connectivity index (χ2n) is 11.6. The Morgan fingerprint density at radius 2 is 1.32 bits per heavy atom. The van der Waals surface area contributed by atoms with Gasteiger partial charge in [-0.15, -0.1) is 0 Å². The minimum atomic E-state index is -2.08. The molecule has 6 aliphatic heterocycles. The van der Waals surface area contributed by atoms with Crippen LogP contribution in [0.1, 0.15) is 0 Å². The molecule has 0 aromatic heterocycles. The van der Waals surface area contributed by atoms with Crippen LogP contribution in [0.5, 0.6) is 0 Å². The average molecular weight is 495 g/mol. The molecule has 1 N–H and O–H groups in total. The van der Waals surface area contributed by atoms with Crippen LogP contribution in [0.4, 0.5) is 22.7 Å². The molecule has 5 aromatic rings. The van der Waals surface area contributed by atoms with Gasteiger partial charge in [-0.2, -0.15) is 0 Å². The van der Waals surface area contributed by atoms with Crippen molar-refractivity contribution in [2.75, 3.05) is 9.99 Å². The van der Waals surface area contributed by atoms with Crippen molar-refractivity contribution in [1.29, 1.82) is 0 Å². The minimum absolute atomic E-state index is 0.296. The Hall–Kier alpha value is -3.55. The maximum absolute atomic E-state index is 4.18. The van der Waals surface area contributed by atoms with Crippen molar-refractivity contribution in [2.24, 2.45) is 0 Å². The van der Waals surface area contributed by atoms with E-state index in [1.807, 2.05) is 0 Å². The topological polar surface area (TPSA) is 15.3 Å². The van der Waals surface area contributed by atoms with Crippen LogP contribution < -0.4 is 31.7 Å². The second-order valence-corrected chi connectivity index (χ2v) is 16.8. The van der Waals surface area contributed by atoms with Gasteiger partial charge in [-0.1, -0.05) is 0 Å². The van der Waals surface area contributed by atoms with Gasteiger partial charge in [0, 0.05) is 0 Å². The fraction of sp³-hybridized carbons (Fsp3) is 0. The predicted molar refractivity (Wildman–Crippen MR) is 171 cm³/mol. The van der Waals surface area contributed by atoms with Crippen LogP contribution in [-0.4, -0.2) is 32.4 Å². The van der Waals surface area contributed by atoms with E-state index in [2.05, 4.69) is 138 Å².